The van der Waals surface area contributed by atoms with Crippen LogP contribution >= 0.6 is 0 Å². The van der Waals surface area contributed by atoms with Crippen molar-refractivity contribution in [2.75, 3.05) is 14.2 Å². The Morgan fingerprint density at radius 1 is 0.214 bits per heavy atom. The summed E-state index contributed by atoms with van der Waals surface area (Å²) in [5, 5.41) is 0. The molecule has 0 heterocycles. The second kappa shape index (κ2) is 21.3. The average molecular weight is 733 g/mol. The summed E-state index contributed by atoms with van der Waals surface area (Å²) in [5.41, 5.74) is 15.2. The maximum atomic E-state index is 5.12. The highest BCUT2D eigenvalue weighted by Gasteiger charge is 1.99. The first-order chi connectivity index (χ1) is 27.3. The molecule has 0 aliphatic rings. The van der Waals surface area contributed by atoms with E-state index in [9.17, 15) is 0 Å². The van der Waals surface area contributed by atoms with Gasteiger partial charge in [0.1, 0.15) is 11.5 Å². The van der Waals surface area contributed by atoms with Crippen LogP contribution in [0, 0.1) is 27.7 Å². The normalized spacial score (nSPS) is 9.96. The van der Waals surface area contributed by atoms with Gasteiger partial charge >= 0.3 is 0 Å². The molecule has 0 aliphatic carbocycles. The van der Waals surface area contributed by atoms with Gasteiger partial charge in [0.15, 0.2) is 0 Å². The van der Waals surface area contributed by atoms with Gasteiger partial charge in [0.2, 0.25) is 0 Å². The minimum Gasteiger partial charge on any atom is -0.497 e. The molecule has 8 aromatic carbocycles. The summed E-state index contributed by atoms with van der Waals surface area (Å²) in [5.74, 6) is 1.79. The molecule has 0 saturated carbocycles. The Morgan fingerprint density at radius 2 is 0.393 bits per heavy atom. The third-order valence-electron chi connectivity index (χ3n) is 9.27. The molecule has 0 atom stereocenters. The third-order valence-corrected chi connectivity index (χ3v) is 9.27. The summed E-state index contributed by atoms with van der Waals surface area (Å²) in [6, 6.07) is 71.3. The van der Waals surface area contributed by atoms with Gasteiger partial charge in [-0.2, -0.15) is 0 Å². The first kappa shape index (κ1) is 40.5. The molecule has 280 valence electrons. The van der Waals surface area contributed by atoms with Gasteiger partial charge in [-0.1, -0.05) is 204 Å². The van der Waals surface area contributed by atoms with Gasteiger partial charge in [-0.3, -0.25) is 0 Å². The summed E-state index contributed by atoms with van der Waals surface area (Å²) in [4.78, 5) is 0. The highest BCUT2D eigenvalue weighted by Crippen LogP contribution is 2.24. The van der Waals surface area contributed by atoms with Crippen molar-refractivity contribution in [3.8, 4) is 56.0 Å². The Hall–Kier alpha value is -6.64. The Balaban J connectivity index is 0.000000143. The topological polar surface area (TPSA) is 18.5 Å². The number of benzene rings is 8. The van der Waals surface area contributed by atoms with Crippen molar-refractivity contribution in [1.29, 1.82) is 0 Å². The molecule has 0 amide bonds. The third kappa shape index (κ3) is 12.7. The zero-order valence-corrected chi connectivity index (χ0v) is 33.4. The van der Waals surface area contributed by atoms with Crippen molar-refractivity contribution in [2.24, 2.45) is 0 Å². The quantitative estimate of drug-likeness (QED) is 0.169. The Labute approximate surface area is 334 Å². The van der Waals surface area contributed by atoms with Crippen LogP contribution in [0.15, 0.2) is 206 Å². The lowest BCUT2D eigenvalue weighted by atomic mass is 10.0. The van der Waals surface area contributed by atoms with E-state index in [4.69, 9.17) is 9.47 Å². The largest absolute Gasteiger partial charge is 0.497 e. The van der Waals surface area contributed by atoms with E-state index in [-0.39, 0.29) is 0 Å². The highest BCUT2D eigenvalue weighted by molar-refractivity contribution is 5.66. The fourth-order valence-electron chi connectivity index (χ4n) is 5.81. The first-order valence-electron chi connectivity index (χ1n) is 19.0. The van der Waals surface area contributed by atoms with Gasteiger partial charge in [0.25, 0.3) is 0 Å². The number of hydrogen-bond donors (Lipinski definition) is 0. The van der Waals surface area contributed by atoms with Gasteiger partial charge in [-0.25, -0.2) is 0 Å². The molecule has 0 spiro atoms. The number of hydrogen-bond acceptors (Lipinski definition) is 2. The van der Waals surface area contributed by atoms with E-state index >= 15 is 0 Å². The molecule has 2 nitrogen and oxygen atoms in total. The summed E-state index contributed by atoms with van der Waals surface area (Å²) in [7, 11) is 3.36. The molecule has 2 heteroatoms. The van der Waals surface area contributed by atoms with Crippen molar-refractivity contribution in [2.45, 2.75) is 27.7 Å². The number of aryl methyl sites for hydroxylation is 4. The first-order valence-corrected chi connectivity index (χ1v) is 19.0. The number of rotatable bonds is 6. The number of ether oxygens (including phenoxy) is 2. The molecule has 0 aliphatic heterocycles. The van der Waals surface area contributed by atoms with Crippen molar-refractivity contribution in [3.05, 3.63) is 229 Å². The van der Waals surface area contributed by atoms with Crippen LogP contribution in [0.2, 0.25) is 0 Å². The molecule has 0 bridgehead atoms. The standard InChI is InChI=1S/C14H14O.C14H14.C13H12O.C13H12/c1-11-3-5-12(6-4-11)13-7-9-14(15-2)10-8-13;1-11-3-7-13(8-4-11)14-9-5-12(2)6-10-14;1-14-13-9-7-12(8-10-13)11-5-3-2-4-6-11;1-11-7-9-13(10-8-11)12-5-3-2-4-6-12/h3-10H,1-2H3;3-10H,1-2H3;2-10H,1H3;2-10H,1H3. The molecule has 0 unspecified atom stereocenters. The molecular formula is C54H52O2. The number of methoxy groups -OCH3 is 2. The van der Waals surface area contributed by atoms with E-state index in [0.717, 1.165) is 11.5 Å². The van der Waals surface area contributed by atoms with Crippen LogP contribution in [0.25, 0.3) is 44.5 Å². The van der Waals surface area contributed by atoms with E-state index in [0.29, 0.717) is 0 Å². The summed E-state index contributed by atoms with van der Waals surface area (Å²) in [6.45, 7) is 8.42. The summed E-state index contributed by atoms with van der Waals surface area (Å²) in [6.07, 6.45) is 0. The molecule has 0 radical (unpaired) electrons. The molecular weight excluding hydrogens is 681 g/mol. The van der Waals surface area contributed by atoms with Gasteiger partial charge in [0, 0.05) is 0 Å². The molecule has 0 aromatic heterocycles. The van der Waals surface area contributed by atoms with E-state index in [2.05, 4.69) is 185 Å². The van der Waals surface area contributed by atoms with E-state index < -0.39 is 0 Å². The minimum atomic E-state index is 0.893. The predicted molar refractivity (Wildman–Crippen MR) is 240 cm³/mol. The smallest absolute Gasteiger partial charge is 0.118 e. The Bertz CT molecular complexity index is 2230. The van der Waals surface area contributed by atoms with Crippen LogP contribution in [0.4, 0.5) is 0 Å². The lowest BCUT2D eigenvalue weighted by Crippen LogP contribution is -1.82. The van der Waals surface area contributed by atoms with Gasteiger partial charge < -0.3 is 9.47 Å². The van der Waals surface area contributed by atoms with Gasteiger partial charge in [0.05, 0.1) is 14.2 Å². The van der Waals surface area contributed by atoms with Crippen LogP contribution in [0.5, 0.6) is 11.5 Å². The van der Waals surface area contributed by atoms with Gasteiger partial charge in [-0.15, -0.1) is 0 Å². The predicted octanol–water partition coefficient (Wildman–Crippen LogP) is 14.7. The van der Waals surface area contributed by atoms with Crippen LogP contribution in [-0.4, -0.2) is 14.2 Å². The molecule has 8 rings (SSSR count). The van der Waals surface area contributed by atoms with Gasteiger partial charge in [-0.05, 0) is 96.5 Å². The summed E-state index contributed by atoms with van der Waals surface area (Å²) >= 11 is 0. The van der Waals surface area contributed by atoms with Crippen molar-refractivity contribution in [3.63, 3.8) is 0 Å². The van der Waals surface area contributed by atoms with Crippen LogP contribution in [0.3, 0.4) is 0 Å². The van der Waals surface area contributed by atoms with Crippen molar-refractivity contribution < 1.29 is 9.47 Å². The van der Waals surface area contributed by atoms with Crippen molar-refractivity contribution >= 4 is 0 Å². The lowest BCUT2D eigenvalue weighted by molar-refractivity contribution is 0.415. The van der Waals surface area contributed by atoms with E-state index in [1.807, 2.05) is 48.5 Å². The SMILES string of the molecule is COc1ccc(-c2ccc(C)cc2)cc1.COc1ccc(-c2ccccc2)cc1.Cc1ccc(-c2ccc(C)cc2)cc1.Cc1ccc(-c2ccccc2)cc1. The van der Waals surface area contributed by atoms with Crippen LogP contribution in [0.1, 0.15) is 22.3 Å². The van der Waals surface area contributed by atoms with Crippen molar-refractivity contribution in [1.82, 2.24) is 0 Å². The maximum Gasteiger partial charge on any atom is 0.118 e. The average Bonchev–Trinajstić information content (AvgIpc) is 3.26. The van der Waals surface area contributed by atoms with E-state index in [1.165, 1.54) is 66.8 Å². The fraction of sp³-hybridized carbons (Fsp3) is 0.111. The lowest BCUT2D eigenvalue weighted by Gasteiger charge is -2.03. The molecule has 0 saturated heterocycles. The van der Waals surface area contributed by atoms with Crippen LogP contribution in [-0.2, 0) is 0 Å². The maximum absolute atomic E-state index is 5.12. The Kier molecular flexibility index (Phi) is 15.4. The zero-order valence-electron chi connectivity index (χ0n) is 33.4. The van der Waals surface area contributed by atoms with E-state index in [1.54, 1.807) is 14.2 Å². The molecule has 0 N–H and O–H groups in total. The summed E-state index contributed by atoms with van der Waals surface area (Å²) < 4.78 is 10.2. The highest BCUT2D eigenvalue weighted by atomic mass is 16.5. The second-order valence-electron chi connectivity index (χ2n) is 13.7. The molecule has 0 fully saturated rings. The second-order valence-corrected chi connectivity index (χ2v) is 13.7. The van der Waals surface area contributed by atoms with Crippen LogP contribution < -0.4 is 9.47 Å². The molecule has 56 heavy (non-hydrogen) atoms. The Morgan fingerprint density at radius 3 is 0.589 bits per heavy atom. The zero-order chi connectivity index (χ0) is 39.5. The fourth-order valence-corrected chi connectivity index (χ4v) is 5.81. The minimum absolute atomic E-state index is 0.893. The monoisotopic (exact) mass is 732 g/mol. The molecule has 8 aromatic rings.